The van der Waals surface area contributed by atoms with Gasteiger partial charge >= 0.3 is 0 Å². The molecule has 0 heterocycles. The molecule has 1 aromatic rings. The van der Waals surface area contributed by atoms with Gasteiger partial charge in [0.25, 0.3) is 0 Å². The molecule has 1 aliphatic carbocycles. The summed E-state index contributed by atoms with van der Waals surface area (Å²) in [6.45, 7) is 2.79. The SMILES string of the molecule is N#CCCN(CCNC1CC1)c1ccccc1. The Morgan fingerprint density at radius 3 is 2.65 bits per heavy atom. The molecule has 17 heavy (non-hydrogen) atoms. The topological polar surface area (TPSA) is 39.1 Å². The van der Waals surface area contributed by atoms with Crippen molar-refractivity contribution in [1.29, 1.82) is 5.26 Å². The van der Waals surface area contributed by atoms with E-state index < -0.39 is 0 Å². The predicted octanol–water partition coefficient (Wildman–Crippen LogP) is 2.16. The van der Waals surface area contributed by atoms with Crippen LogP contribution in [0.15, 0.2) is 30.3 Å². The summed E-state index contributed by atoms with van der Waals surface area (Å²) in [4.78, 5) is 2.28. The van der Waals surface area contributed by atoms with E-state index in [0.29, 0.717) is 6.42 Å². The molecule has 0 unspecified atom stereocenters. The molecule has 0 bridgehead atoms. The zero-order valence-corrected chi connectivity index (χ0v) is 10.1. The van der Waals surface area contributed by atoms with Crippen LogP contribution in [0.2, 0.25) is 0 Å². The summed E-state index contributed by atoms with van der Waals surface area (Å²) in [5.41, 5.74) is 1.21. The minimum absolute atomic E-state index is 0.582. The molecule has 0 aromatic heterocycles. The summed E-state index contributed by atoms with van der Waals surface area (Å²) < 4.78 is 0. The van der Waals surface area contributed by atoms with Gasteiger partial charge in [-0.2, -0.15) is 5.26 Å². The highest BCUT2D eigenvalue weighted by Crippen LogP contribution is 2.18. The lowest BCUT2D eigenvalue weighted by Gasteiger charge is -2.24. The third-order valence-electron chi connectivity index (χ3n) is 3.01. The first-order valence-corrected chi connectivity index (χ1v) is 6.30. The van der Waals surface area contributed by atoms with Crippen molar-refractivity contribution in [1.82, 2.24) is 5.32 Å². The Labute approximate surface area is 103 Å². The second-order valence-electron chi connectivity index (χ2n) is 4.46. The van der Waals surface area contributed by atoms with Gasteiger partial charge < -0.3 is 10.2 Å². The van der Waals surface area contributed by atoms with Gasteiger partial charge in [-0.05, 0) is 25.0 Å². The van der Waals surface area contributed by atoms with E-state index in [9.17, 15) is 0 Å². The maximum atomic E-state index is 8.69. The van der Waals surface area contributed by atoms with E-state index in [-0.39, 0.29) is 0 Å². The van der Waals surface area contributed by atoms with Crippen LogP contribution in [0.5, 0.6) is 0 Å². The van der Waals surface area contributed by atoms with Gasteiger partial charge in [-0.1, -0.05) is 18.2 Å². The highest BCUT2D eigenvalue weighted by Gasteiger charge is 2.20. The van der Waals surface area contributed by atoms with E-state index in [0.717, 1.165) is 25.7 Å². The van der Waals surface area contributed by atoms with Crippen LogP contribution < -0.4 is 10.2 Å². The van der Waals surface area contributed by atoms with Crippen LogP contribution in [0, 0.1) is 11.3 Å². The molecule has 0 saturated heterocycles. The smallest absolute Gasteiger partial charge is 0.0640 e. The van der Waals surface area contributed by atoms with Crippen molar-refractivity contribution in [3.8, 4) is 6.07 Å². The van der Waals surface area contributed by atoms with Crippen molar-refractivity contribution >= 4 is 5.69 Å². The zero-order chi connectivity index (χ0) is 11.9. The quantitative estimate of drug-likeness (QED) is 0.778. The van der Waals surface area contributed by atoms with Crippen molar-refractivity contribution in [2.45, 2.75) is 25.3 Å². The fourth-order valence-corrected chi connectivity index (χ4v) is 1.88. The van der Waals surface area contributed by atoms with E-state index in [1.807, 2.05) is 18.2 Å². The molecule has 2 rings (SSSR count). The number of hydrogen-bond donors (Lipinski definition) is 1. The lowest BCUT2D eigenvalue weighted by atomic mass is 10.2. The van der Waals surface area contributed by atoms with E-state index >= 15 is 0 Å². The molecule has 0 amide bonds. The molecular formula is C14H19N3. The first-order valence-electron chi connectivity index (χ1n) is 6.30. The molecular weight excluding hydrogens is 210 g/mol. The van der Waals surface area contributed by atoms with Gasteiger partial charge in [0.2, 0.25) is 0 Å². The molecule has 0 atom stereocenters. The van der Waals surface area contributed by atoms with E-state index in [1.165, 1.54) is 18.5 Å². The molecule has 0 radical (unpaired) electrons. The number of para-hydroxylation sites is 1. The third-order valence-corrected chi connectivity index (χ3v) is 3.01. The Morgan fingerprint density at radius 2 is 2.00 bits per heavy atom. The van der Waals surface area contributed by atoms with Gasteiger partial charge in [0.05, 0.1) is 12.5 Å². The van der Waals surface area contributed by atoms with Gasteiger partial charge in [-0.3, -0.25) is 0 Å². The number of nitrogens with one attached hydrogen (secondary N) is 1. The van der Waals surface area contributed by atoms with Crippen LogP contribution in [0.1, 0.15) is 19.3 Å². The van der Waals surface area contributed by atoms with Gasteiger partial charge in [-0.15, -0.1) is 0 Å². The fraction of sp³-hybridized carbons (Fsp3) is 0.500. The monoisotopic (exact) mass is 229 g/mol. The predicted molar refractivity (Wildman–Crippen MR) is 69.9 cm³/mol. The lowest BCUT2D eigenvalue weighted by Crippen LogP contribution is -2.33. The third kappa shape index (κ3) is 4.08. The zero-order valence-electron chi connectivity index (χ0n) is 10.1. The van der Waals surface area contributed by atoms with E-state index in [2.05, 4.69) is 28.4 Å². The molecule has 3 nitrogen and oxygen atoms in total. The Morgan fingerprint density at radius 1 is 1.24 bits per heavy atom. The number of nitriles is 1. The van der Waals surface area contributed by atoms with Crippen molar-refractivity contribution in [2.24, 2.45) is 0 Å². The molecule has 1 fully saturated rings. The lowest BCUT2D eigenvalue weighted by molar-refractivity contribution is 0.656. The average molecular weight is 229 g/mol. The Hall–Kier alpha value is -1.53. The first kappa shape index (κ1) is 11.9. The normalized spacial score (nSPS) is 14.3. The molecule has 1 N–H and O–H groups in total. The van der Waals surface area contributed by atoms with Crippen molar-refractivity contribution in [3.05, 3.63) is 30.3 Å². The fourth-order valence-electron chi connectivity index (χ4n) is 1.88. The summed E-state index contributed by atoms with van der Waals surface area (Å²) in [5, 5.41) is 12.2. The number of anilines is 1. The summed E-state index contributed by atoms with van der Waals surface area (Å²) in [5.74, 6) is 0. The summed E-state index contributed by atoms with van der Waals surface area (Å²) in [6, 6.07) is 13.3. The van der Waals surface area contributed by atoms with Crippen molar-refractivity contribution in [2.75, 3.05) is 24.5 Å². The van der Waals surface area contributed by atoms with Crippen molar-refractivity contribution in [3.63, 3.8) is 0 Å². The molecule has 1 aromatic carbocycles. The molecule has 1 aliphatic rings. The number of benzene rings is 1. The van der Waals surface area contributed by atoms with Gasteiger partial charge in [0.1, 0.15) is 0 Å². The molecule has 1 saturated carbocycles. The largest absolute Gasteiger partial charge is 0.369 e. The summed E-state index contributed by atoms with van der Waals surface area (Å²) in [7, 11) is 0. The molecule has 0 spiro atoms. The van der Waals surface area contributed by atoms with Crippen LogP contribution >= 0.6 is 0 Å². The van der Waals surface area contributed by atoms with Crippen LogP contribution in [-0.4, -0.2) is 25.7 Å². The molecule has 3 heteroatoms. The van der Waals surface area contributed by atoms with Crippen LogP contribution in [0.4, 0.5) is 5.69 Å². The summed E-state index contributed by atoms with van der Waals surface area (Å²) >= 11 is 0. The second kappa shape index (κ2) is 6.27. The van der Waals surface area contributed by atoms with E-state index in [1.54, 1.807) is 0 Å². The molecule has 90 valence electrons. The minimum atomic E-state index is 0.582. The molecule has 0 aliphatic heterocycles. The Bertz CT molecular complexity index is 365. The standard InChI is InChI=1S/C14H19N3/c15-9-4-11-17(12-10-16-13-7-8-13)14-5-2-1-3-6-14/h1-3,5-6,13,16H,4,7-8,10-12H2. The highest BCUT2D eigenvalue weighted by atomic mass is 15.1. The maximum absolute atomic E-state index is 8.69. The van der Waals surface area contributed by atoms with Crippen LogP contribution in [0.25, 0.3) is 0 Å². The minimum Gasteiger partial charge on any atom is -0.369 e. The second-order valence-corrected chi connectivity index (χ2v) is 4.46. The Kier molecular flexibility index (Phi) is 4.40. The van der Waals surface area contributed by atoms with Gasteiger partial charge in [-0.25, -0.2) is 0 Å². The first-order chi connectivity index (χ1) is 8.40. The number of hydrogen-bond acceptors (Lipinski definition) is 3. The number of rotatable bonds is 7. The maximum Gasteiger partial charge on any atom is 0.0640 e. The Balaban J connectivity index is 1.85. The van der Waals surface area contributed by atoms with Crippen molar-refractivity contribution < 1.29 is 0 Å². The average Bonchev–Trinajstić information content (AvgIpc) is 3.19. The van der Waals surface area contributed by atoms with Gasteiger partial charge in [0.15, 0.2) is 0 Å². The van der Waals surface area contributed by atoms with Crippen LogP contribution in [-0.2, 0) is 0 Å². The summed E-state index contributed by atoms with van der Waals surface area (Å²) in [6.07, 6.45) is 3.23. The number of nitrogens with zero attached hydrogens (tertiary/aromatic N) is 2. The van der Waals surface area contributed by atoms with Gasteiger partial charge in [0, 0.05) is 31.4 Å². The van der Waals surface area contributed by atoms with Crippen LogP contribution in [0.3, 0.4) is 0 Å². The highest BCUT2D eigenvalue weighted by molar-refractivity contribution is 5.46. The van der Waals surface area contributed by atoms with E-state index in [4.69, 9.17) is 5.26 Å².